The molecule has 5 rings (SSSR count). The number of hydrogen-bond donors (Lipinski definition) is 11. The number of thioether (sulfide) groups is 1. The van der Waals surface area contributed by atoms with Crippen molar-refractivity contribution in [2.45, 2.75) is 62.9 Å². The van der Waals surface area contributed by atoms with Crippen molar-refractivity contribution in [3.63, 3.8) is 0 Å². The van der Waals surface area contributed by atoms with Gasteiger partial charge in [-0.1, -0.05) is 49.9 Å². The maximum atomic E-state index is 12.9. The maximum Gasteiger partial charge on any atom is 0.481 e. The van der Waals surface area contributed by atoms with Gasteiger partial charge in [0.25, 0.3) is 0 Å². The summed E-state index contributed by atoms with van der Waals surface area (Å²) in [5.74, 6) is -1.58. The van der Waals surface area contributed by atoms with E-state index in [2.05, 4.69) is 34.4 Å². The minimum Gasteiger partial charge on any atom is -0.508 e. The predicted octanol–water partition coefficient (Wildman–Crippen LogP) is -0.145. The van der Waals surface area contributed by atoms with E-state index in [-0.39, 0.29) is 60.0 Å². The number of aliphatic hydroxyl groups excluding tert-OH is 3. The summed E-state index contributed by atoms with van der Waals surface area (Å²) in [7, 11) is -16.5. The Bertz CT molecular complexity index is 2330. The highest BCUT2D eigenvalue weighted by Gasteiger charge is 2.50. The first-order chi connectivity index (χ1) is 28.8. The minimum atomic E-state index is -5.60. The first-order valence-corrected chi connectivity index (χ1v) is 23.6. The van der Waals surface area contributed by atoms with Crippen LogP contribution in [0.3, 0.4) is 0 Å². The molecule has 12 N–H and O–H groups in total. The summed E-state index contributed by atoms with van der Waals surface area (Å²) in [4.78, 5) is 88.9. The molecule has 1 saturated heterocycles. The number of phosphoric acid groups is 3. The molecule has 2 aromatic heterocycles. The van der Waals surface area contributed by atoms with Crippen molar-refractivity contribution in [1.29, 1.82) is 0 Å². The number of rotatable bonds is 20. The number of nitrogens with one attached hydrogen (secondary N) is 2. The van der Waals surface area contributed by atoms with Gasteiger partial charge in [0, 0.05) is 48.2 Å². The molecular formula is C32H44N7O19P3S. The number of anilines is 1. The highest BCUT2D eigenvalue weighted by molar-refractivity contribution is 8.13. The van der Waals surface area contributed by atoms with Gasteiger partial charge in [-0.25, -0.2) is 28.6 Å². The Morgan fingerprint density at radius 1 is 1.06 bits per heavy atom. The second-order valence-corrected chi connectivity index (χ2v) is 19.7. The van der Waals surface area contributed by atoms with Crippen LogP contribution in [0.1, 0.15) is 44.0 Å². The van der Waals surface area contributed by atoms with Gasteiger partial charge in [0.15, 0.2) is 23.3 Å². The Balaban J connectivity index is 1.05. The van der Waals surface area contributed by atoms with E-state index in [1.165, 1.54) is 26.0 Å². The molecule has 26 nitrogen and oxygen atoms in total. The number of hydrogen-bond acceptors (Lipinski definition) is 20. The molecule has 2 aliphatic rings. The van der Waals surface area contributed by atoms with E-state index in [1.54, 1.807) is 18.2 Å². The molecule has 3 aromatic rings. The smallest absolute Gasteiger partial charge is 0.481 e. The van der Waals surface area contributed by atoms with Crippen LogP contribution in [0.4, 0.5) is 5.82 Å². The lowest BCUT2D eigenvalue weighted by atomic mass is 9.83. The number of aliphatic hydroxyl groups is 4. The Labute approximate surface area is 355 Å². The molecule has 3 heterocycles. The molecule has 3 unspecified atom stereocenters. The number of carbonyl (C=O) groups excluding carboxylic acids is 3. The van der Waals surface area contributed by atoms with E-state index >= 15 is 0 Å². The SMILES string of the molecule is CC(C)(COP(=O)(O)OP(=O)(O)OC[C@H]1O[C@@H](n2cnc3c(N)ncnc32)[C@H](O)[C@@H]1OP(=O)(O)O)[C@@H](O)C(=O)NCCC(=O)NCCSC(=O)C1(O)CC=C(O)c2ccccc21. The van der Waals surface area contributed by atoms with Gasteiger partial charge in [0.05, 0.1) is 19.5 Å². The second-order valence-electron chi connectivity index (χ2n) is 14.4. The lowest BCUT2D eigenvalue weighted by Gasteiger charge is -2.30. The number of ether oxygens (including phenoxy) is 1. The standard InChI is InChI=1S/C32H44N7O19P3S/c1-31(2,25(43)28(44)35-10-8-21(41)34-11-12-62-30(45)32(46)9-7-19(40)17-5-3-4-6-18(17)32)14-55-61(52,53)58-60(50,51)54-13-20-24(57-59(47,48)49)23(42)29(56-20)39-16-38-22-26(33)36-15-37-27(22)39/h3-7,15-16,20,23-25,29,40,42-43,46H,8-14H2,1-2H3,(H,34,41)(H,35,44)(H,50,51)(H,52,53)(H2,33,36,37)(H2,47,48,49)/t20-,23-,24-,25+,29-,32?/m1/s1. The number of nitrogens with two attached hydrogens (primary N) is 1. The number of aromatic nitrogens is 4. The Morgan fingerprint density at radius 2 is 1.76 bits per heavy atom. The van der Waals surface area contributed by atoms with Gasteiger partial charge in [0.1, 0.15) is 42.0 Å². The van der Waals surface area contributed by atoms with E-state index in [1.807, 2.05) is 0 Å². The van der Waals surface area contributed by atoms with Gasteiger partial charge in [0.2, 0.25) is 16.9 Å². The molecule has 0 spiro atoms. The molecule has 0 radical (unpaired) electrons. The van der Waals surface area contributed by atoms with Crippen LogP contribution in [0.25, 0.3) is 16.9 Å². The summed E-state index contributed by atoms with van der Waals surface area (Å²) in [6.45, 7) is 0.127. The van der Waals surface area contributed by atoms with Gasteiger partial charge in [-0.15, -0.1) is 0 Å². The van der Waals surface area contributed by atoms with Crippen LogP contribution in [0, 0.1) is 5.41 Å². The first kappa shape index (κ1) is 49.3. The third kappa shape index (κ3) is 12.1. The molecule has 62 heavy (non-hydrogen) atoms. The molecule has 342 valence electrons. The maximum absolute atomic E-state index is 12.9. The van der Waals surface area contributed by atoms with Gasteiger partial charge >= 0.3 is 23.5 Å². The summed E-state index contributed by atoms with van der Waals surface area (Å²) < 4.78 is 62.2. The van der Waals surface area contributed by atoms with Gasteiger partial charge in [-0.05, 0) is 6.08 Å². The first-order valence-electron chi connectivity index (χ1n) is 18.1. The lowest BCUT2D eigenvalue weighted by Crippen LogP contribution is -2.46. The number of benzene rings is 1. The van der Waals surface area contributed by atoms with Crippen LogP contribution in [0.15, 0.2) is 43.0 Å². The average molecular weight is 956 g/mol. The predicted molar refractivity (Wildman–Crippen MR) is 213 cm³/mol. The van der Waals surface area contributed by atoms with E-state index in [0.717, 1.165) is 29.0 Å². The number of carbonyl (C=O) groups is 3. The molecule has 0 saturated carbocycles. The summed E-state index contributed by atoms with van der Waals surface area (Å²) in [6, 6.07) is 6.39. The second kappa shape index (κ2) is 19.6. The summed E-state index contributed by atoms with van der Waals surface area (Å²) in [5.41, 5.74) is 2.92. The van der Waals surface area contributed by atoms with Crippen molar-refractivity contribution in [3.8, 4) is 0 Å². The van der Waals surface area contributed by atoms with Gasteiger partial charge in [-0.2, -0.15) is 4.31 Å². The third-order valence-corrected chi connectivity index (χ3v) is 13.4. The number of fused-ring (bicyclic) bond motifs is 2. The number of nitrogen functional groups attached to an aromatic ring is 1. The van der Waals surface area contributed by atoms with E-state index in [9.17, 15) is 68.1 Å². The Morgan fingerprint density at radius 3 is 2.47 bits per heavy atom. The molecule has 1 aliphatic heterocycles. The topological polar surface area (TPSA) is 404 Å². The fourth-order valence-electron chi connectivity index (χ4n) is 6.12. The number of nitrogens with zero attached hydrogens (tertiary/aromatic N) is 4. The van der Waals surface area contributed by atoms with Crippen molar-refractivity contribution in [1.82, 2.24) is 30.2 Å². The van der Waals surface area contributed by atoms with Crippen LogP contribution >= 0.6 is 35.2 Å². The molecule has 0 bridgehead atoms. The van der Waals surface area contributed by atoms with Crippen LogP contribution in [0.2, 0.25) is 0 Å². The zero-order chi connectivity index (χ0) is 45.8. The summed E-state index contributed by atoms with van der Waals surface area (Å²) in [5, 5.41) is 47.0. The number of phosphoric ester groups is 3. The van der Waals surface area contributed by atoms with Crippen molar-refractivity contribution in [3.05, 3.63) is 54.1 Å². The zero-order valence-corrected chi connectivity index (χ0v) is 36.1. The normalized spacial score (nSPS) is 24.0. The van der Waals surface area contributed by atoms with E-state index in [0.29, 0.717) is 5.56 Å². The van der Waals surface area contributed by atoms with Gasteiger partial charge in [-0.3, -0.25) is 32.5 Å². The van der Waals surface area contributed by atoms with Crippen LogP contribution in [-0.2, 0) is 56.3 Å². The zero-order valence-electron chi connectivity index (χ0n) is 32.6. The number of amides is 2. The molecule has 8 atom stereocenters. The third-order valence-electron chi connectivity index (χ3n) is 9.31. The molecule has 2 amide bonds. The quantitative estimate of drug-likeness (QED) is 0.0518. The van der Waals surface area contributed by atoms with Crippen LogP contribution < -0.4 is 16.4 Å². The van der Waals surface area contributed by atoms with Crippen molar-refractivity contribution in [2.75, 3.05) is 37.8 Å². The largest absolute Gasteiger partial charge is 0.508 e. The molecular weight excluding hydrogens is 911 g/mol. The monoisotopic (exact) mass is 955 g/mol. The van der Waals surface area contributed by atoms with E-state index < -0.39 is 95.3 Å². The Hall–Kier alpha value is -3.72. The van der Waals surface area contributed by atoms with Crippen molar-refractivity contribution >= 4 is 74.9 Å². The Kier molecular flexibility index (Phi) is 15.6. The van der Waals surface area contributed by atoms with Crippen LogP contribution in [-0.4, -0.2) is 133 Å². The molecule has 1 fully saturated rings. The lowest BCUT2D eigenvalue weighted by molar-refractivity contribution is -0.137. The fraction of sp³-hybridized carbons (Fsp3) is 0.500. The summed E-state index contributed by atoms with van der Waals surface area (Å²) in [6.07, 6.45) is -5.93. The molecule has 1 aliphatic carbocycles. The minimum absolute atomic E-state index is 0.0178. The van der Waals surface area contributed by atoms with Crippen LogP contribution in [0.5, 0.6) is 0 Å². The molecule has 1 aromatic carbocycles. The highest BCUT2D eigenvalue weighted by Crippen LogP contribution is 2.61. The highest BCUT2D eigenvalue weighted by atomic mass is 32.2. The van der Waals surface area contributed by atoms with Crippen molar-refractivity contribution in [2.24, 2.45) is 5.41 Å². The summed E-state index contributed by atoms with van der Waals surface area (Å²) >= 11 is 0.780. The average Bonchev–Trinajstić information content (AvgIpc) is 3.76. The van der Waals surface area contributed by atoms with Crippen molar-refractivity contribution < 1.29 is 90.7 Å². The number of imidazole rings is 1. The van der Waals surface area contributed by atoms with E-state index in [4.69, 9.17) is 19.5 Å². The van der Waals surface area contributed by atoms with Gasteiger partial charge < -0.3 is 61.1 Å². The molecule has 30 heteroatoms. The fourth-order valence-corrected chi connectivity index (χ4v) is 9.77.